The van der Waals surface area contributed by atoms with E-state index in [0.717, 1.165) is 15.7 Å². The zero-order valence-corrected chi connectivity index (χ0v) is 12.3. The Morgan fingerprint density at radius 2 is 1.95 bits per heavy atom. The minimum atomic E-state index is -0.166. The van der Waals surface area contributed by atoms with E-state index in [9.17, 15) is 4.79 Å². The second-order valence-corrected chi connectivity index (χ2v) is 5.02. The third-order valence-corrected chi connectivity index (χ3v) is 3.15. The first-order chi connectivity index (χ1) is 9.10. The summed E-state index contributed by atoms with van der Waals surface area (Å²) in [7, 11) is 1.84. The van der Waals surface area contributed by atoms with Gasteiger partial charge in [-0.3, -0.25) is 4.79 Å². The number of aryl methyl sites for hydroxylation is 1. The van der Waals surface area contributed by atoms with Gasteiger partial charge in [0, 0.05) is 29.0 Å². The van der Waals surface area contributed by atoms with Gasteiger partial charge in [0.2, 0.25) is 0 Å². The first kappa shape index (κ1) is 13.5. The Labute approximate surface area is 120 Å². The molecule has 0 aliphatic heterocycles. The summed E-state index contributed by atoms with van der Waals surface area (Å²) in [4.78, 5) is 16.3. The van der Waals surface area contributed by atoms with E-state index in [-0.39, 0.29) is 5.91 Å². The van der Waals surface area contributed by atoms with Gasteiger partial charge in [-0.2, -0.15) is 0 Å². The summed E-state index contributed by atoms with van der Waals surface area (Å²) >= 11 is 3.34. The van der Waals surface area contributed by atoms with Crippen LogP contribution in [-0.2, 0) is 0 Å². The highest BCUT2D eigenvalue weighted by Gasteiger charge is 2.08. The molecule has 0 radical (unpaired) electrons. The average Bonchev–Trinajstić information content (AvgIpc) is 2.42. The topological polar surface area (TPSA) is 54.0 Å². The zero-order valence-electron chi connectivity index (χ0n) is 10.7. The van der Waals surface area contributed by atoms with E-state index in [1.54, 1.807) is 18.3 Å². The van der Waals surface area contributed by atoms with Crippen LogP contribution in [-0.4, -0.2) is 17.9 Å². The SMILES string of the molecule is CNc1ccc(C(=O)Nc2ncc(Br)cc2C)cc1. The van der Waals surface area contributed by atoms with E-state index in [1.807, 2.05) is 32.2 Å². The van der Waals surface area contributed by atoms with Gasteiger partial charge in [-0.15, -0.1) is 0 Å². The standard InChI is InChI=1S/C14H14BrN3O/c1-9-7-11(15)8-17-13(9)18-14(19)10-3-5-12(16-2)6-4-10/h3-8,16H,1-2H3,(H,17,18,19). The van der Waals surface area contributed by atoms with E-state index in [0.29, 0.717) is 11.4 Å². The molecule has 2 aromatic rings. The molecule has 0 saturated heterocycles. The molecule has 2 rings (SSSR count). The number of amides is 1. The molecule has 1 amide bonds. The summed E-state index contributed by atoms with van der Waals surface area (Å²) < 4.78 is 0.890. The van der Waals surface area contributed by atoms with Crippen LogP contribution in [0.5, 0.6) is 0 Å². The lowest BCUT2D eigenvalue weighted by Crippen LogP contribution is -2.13. The van der Waals surface area contributed by atoms with Crippen LogP contribution < -0.4 is 10.6 Å². The Kier molecular flexibility index (Phi) is 4.16. The lowest BCUT2D eigenvalue weighted by molar-refractivity contribution is 0.102. The number of aromatic nitrogens is 1. The Morgan fingerprint density at radius 1 is 1.26 bits per heavy atom. The zero-order chi connectivity index (χ0) is 13.8. The van der Waals surface area contributed by atoms with Crippen molar-refractivity contribution in [1.29, 1.82) is 0 Å². The molecule has 5 heteroatoms. The second kappa shape index (κ2) is 5.84. The van der Waals surface area contributed by atoms with E-state index in [1.165, 1.54) is 0 Å². The van der Waals surface area contributed by atoms with Crippen LogP contribution in [0.3, 0.4) is 0 Å². The van der Waals surface area contributed by atoms with Crippen molar-refractivity contribution in [1.82, 2.24) is 4.98 Å². The monoisotopic (exact) mass is 319 g/mol. The Morgan fingerprint density at radius 3 is 2.53 bits per heavy atom. The van der Waals surface area contributed by atoms with Crippen molar-refractivity contribution in [2.24, 2.45) is 0 Å². The van der Waals surface area contributed by atoms with Gasteiger partial charge in [0.1, 0.15) is 5.82 Å². The summed E-state index contributed by atoms with van der Waals surface area (Å²) in [5.41, 5.74) is 2.48. The van der Waals surface area contributed by atoms with Gasteiger partial charge >= 0.3 is 0 Å². The number of nitrogens with zero attached hydrogens (tertiary/aromatic N) is 1. The minimum Gasteiger partial charge on any atom is -0.388 e. The third kappa shape index (κ3) is 3.32. The first-order valence-corrected chi connectivity index (χ1v) is 6.61. The lowest BCUT2D eigenvalue weighted by Gasteiger charge is -2.08. The molecular weight excluding hydrogens is 306 g/mol. The molecule has 0 atom stereocenters. The summed E-state index contributed by atoms with van der Waals surface area (Å²) in [5, 5.41) is 5.81. The number of carbonyl (C=O) groups is 1. The van der Waals surface area contributed by atoms with Gasteiger partial charge in [-0.1, -0.05) is 0 Å². The van der Waals surface area contributed by atoms with Crippen molar-refractivity contribution in [3.05, 3.63) is 52.1 Å². The number of halogens is 1. The van der Waals surface area contributed by atoms with Crippen LogP contribution in [0.2, 0.25) is 0 Å². The number of nitrogens with one attached hydrogen (secondary N) is 2. The maximum Gasteiger partial charge on any atom is 0.256 e. The van der Waals surface area contributed by atoms with E-state index < -0.39 is 0 Å². The van der Waals surface area contributed by atoms with Gasteiger partial charge < -0.3 is 10.6 Å². The third-order valence-electron chi connectivity index (χ3n) is 2.71. The average molecular weight is 320 g/mol. The number of benzene rings is 1. The van der Waals surface area contributed by atoms with E-state index >= 15 is 0 Å². The van der Waals surface area contributed by atoms with Gasteiger partial charge in [0.15, 0.2) is 0 Å². The molecule has 4 nitrogen and oxygen atoms in total. The molecule has 98 valence electrons. The molecular formula is C14H14BrN3O. The van der Waals surface area contributed by atoms with Crippen molar-refractivity contribution in [2.45, 2.75) is 6.92 Å². The molecule has 1 aromatic carbocycles. The van der Waals surface area contributed by atoms with Crippen molar-refractivity contribution in [3.8, 4) is 0 Å². The molecule has 0 aliphatic rings. The summed E-state index contributed by atoms with van der Waals surface area (Å²) in [6.07, 6.45) is 1.66. The molecule has 0 fully saturated rings. The minimum absolute atomic E-state index is 0.166. The molecule has 0 aliphatic carbocycles. The van der Waals surface area contributed by atoms with Gasteiger partial charge in [-0.05, 0) is 58.7 Å². The Hall–Kier alpha value is -1.88. The number of anilines is 2. The van der Waals surface area contributed by atoms with Crippen LogP contribution in [0, 0.1) is 6.92 Å². The molecule has 19 heavy (non-hydrogen) atoms. The number of carbonyl (C=O) groups excluding carboxylic acids is 1. The summed E-state index contributed by atoms with van der Waals surface area (Å²) in [6, 6.07) is 9.17. The highest BCUT2D eigenvalue weighted by molar-refractivity contribution is 9.10. The number of hydrogen-bond donors (Lipinski definition) is 2. The quantitative estimate of drug-likeness (QED) is 0.911. The molecule has 0 bridgehead atoms. The maximum absolute atomic E-state index is 12.1. The molecule has 0 spiro atoms. The fourth-order valence-corrected chi connectivity index (χ4v) is 2.09. The Balaban J connectivity index is 2.15. The van der Waals surface area contributed by atoms with Gasteiger partial charge in [-0.25, -0.2) is 4.98 Å². The molecule has 1 heterocycles. The predicted octanol–water partition coefficient (Wildman–Crippen LogP) is 3.45. The van der Waals surface area contributed by atoms with Crippen LogP contribution in [0.25, 0.3) is 0 Å². The largest absolute Gasteiger partial charge is 0.388 e. The van der Waals surface area contributed by atoms with Crippen LogP contribution in [0.4, 0.5) is 11.5 Å². The van der Waals surface area contributed by atoms with E-state index in [4.69, 9.17) is 0 Å². The molecule has 2 N–H and O–H groups in total. The van der Waals surface area contributed by atoms with E-state index in [2.05, 4.69) is 31.5 Å². The van der Waals surface area contributed by atoms with Crippen molar-refractivity contribution >= 4 is 33.3 Å². The maximum atomic E-state index is 12.1. The van der Waals surface area contributed by atoms with Gasteiger partial charge in [0.25, 0.3) is 5.91 Å². The van der Waals surface area contributed by atoms with Gasteiger partial charge in [0.05, 0.1) is 0 Å². The van der Waals surface area contributed by atoms with Crippen LogP contribution >= 0.6 is 15.9 Å². The predicted molar refractivity (Wildman–Crippen MR) is 80.6 cm³/mol. The molecule has 1 aromatic heterocycles. The van der Waals surface area contributed by atoms with Crippen molar-refractivity contribution in [3.63, 3.8) is 0 Å². The second-order valence-electron chi connectivity index (χ2n) is 4.10. The van der Waals surface area contributed by atoms with Crippen molar-refractivity contribution in [2.75, 3.05) is 17.7 Å². The number of hydrogen-bond acceptors (Lipinski definition) is 3. The normalized spacial score (nSPS) is 10.1. The summed E-state index contributed by atoms with van der Waals surface area (Å²) in [5.74, 6) is 0.409. The molecule has 0 saturated carbocycles. The first-order valence-electron chi connectivity index (χ1n) is 5.81. The number of pyridine rings is 1. The van der Waals surface area contributed by atoms with Crippen LogP contribution in [0.1, 0.15) is 15.9 Å². The highest BCUT2D eigenvalue weighted by atomic mass is 79.9. The smallest absolute Gasteiger partial charge is 0.256 e. The Bertz CT molecular complexity index is 596. The molecule has 0 unspecified atom stereocenters. The summed E-state index contributed by atoms with van der Waals surface area (Å²) in [6.45, 7) is 1.90. The fraction of sp³-hybridized carbons (Fsp3) is 0.143. The van der Waals surface area contributed by atoms with Crippen molar-refractivity contribution < 1.29 is 4.79 Å². The number of rotatable bonds is 3. The van der Waals surface area contributed by atoms with Crippen LogP contribution in [0.15, 0.2) is 41.0 Å². The fourth-order valence-electron chi connectivity index (χ4n) is 1.64. The highest BCUT2D eigenvalue weighted by Crippen LogP contribution is 2.18. The lowest BCUT2D eigenvalue weighted by atomic mass is 10.2.